The van der Waals surface area contributed by atoms with Crippen LogP contribution in [0.2, 0.25) is 0 Å². The van der Waals surface area contributed by atoms with Crippen LogP contribution < -0.4 is 14.8 Å². The van der Waals surface area contributed by atoms with Gasteiger partial charge >= 0.3 is 0 Å². The standard InChI is InChI=1S/C27H41IN2O7/c1-5-6-7-24(33)30(10-8-17(2)3)21-14-19(27(35)29-9-11-31)15-22(25(21)34)37-26-20(28)12-18(16-32)13-23(26)36-4/h12-13,15,17,21-22,25,31-32,34H,5-11,14,16H2,1-4H3,(H,29,35). The molecular weight excluding hydrogens is 591 g/mol. The van der Waals surface area contributed by atoms with Gasteiger partial charge in [-0.05, 0) is 65.1 Å². The fourth-order valence-corrected chi connectivity index (χ4v) is 5.03. The topological polar surface area (TPSA) is 129 Å². The zero-order valence-electron chi connectivity index (χ0n) is 22.2. The Kier molecular flexibility index (Phi) is 13.1. The number of methoxy groups -OCH3 is 1. The van der Waals surface area contributed by atoms with Crippen molar-refractivity contribution in [3.05, 3.63) is 32.9 Å². The van der Waals surface area contributed by atoms with Crippen LogP contribution in [0.15, 0.2) is 23.8 Å². The Hall–Kier alpha value is -1.89. The second-order valence-electron chi connectivity index (χ2n) is 9.66. The molecule has 1 aliphatic rings. The van der Waals surface area contributed by atoms with Gasteiger partial charge in [0.05, 0.1) is 29.9 Å². The summed E-state index contributed by atoms with van der Waals surface area (Å²) in [5.41, 5.74) is 1.03. The molecule has 4 N–H and O–H groups in total. The number of carbonyl (C=O) groups is 2. The molecule has 1 aromatic carbocycles. The smallest absolute Gasteiger partial charge is 0.247 e. The maximum absolute atomic E-state index is 13.3. The molecule has 3 atom stereocenters. The SMILES string of the molecule is CCCCC(=O)N(CCC(C)C)C1CC(C(=O)NCCO)=CC(Oc2c(I)cc(CO)cc2OC)C1O. The number of rotatable bonds is 14. The van der Waals surface area contributed by atoms with Gasteiger partial charge in [-0.2, -0.15) is 0 Å². The third kappa shape index (κ3) is 8.83. The minimum absolute atomic E-state index is 0.0539. The summed E-state index contributed by atoms with van der Waals surface area (Å²) in [6, 6.07) is 2.76. The third-order valence-corrected chi connectivity index (χ3v) is 7.15. The highest BCUT2D eigenvalue weighted by Crippen LogP contribution is 2.37. The molecule has 37 heavy (non-hydrogen) atoms. The fourth-order valence-electron chi connectivity index (χ4n) is 4.24. The first-order chi connectivity index (χ1) is 17.7. The Balaban J connectivity index is 2.48. The van der Waals surface area contributed by atoms with E-state index in [-0.39, 0.29) is 38.0 Å². The fraction of sp³-hybridized carbons (Fsp3) is 0.630. The molecule has 1 aromatic rings. The predicted molar refractivity (Wildman–Crippen MR) is 149 cm³/mol. The molecule has 0 aromatic heterocycles. The Labute approximate surface area is 233 Å². The van der Waals surface area contributed by atoms with Crippen molar-refractivity contribution < 1.29 is 34.4 Å². The molecule has 0 fully saturated rings. The molecular formula is C27H41IN2O7. The minimum Gasteiger partial charge on any atom is -0.493 e. The largest absolute Gasteiger partial charge is 0.493 e. The van der Waals surface area contributed by atoms with Crippen LogP contribution in [-0.2, 0) is 16.2 Å². The van der Waals surface area contributed by atoms with Crippen molar-refractivity contribution >= 4 is 34.4 Å². The number of aliphatic hydroxyl groups is 3. The van der Waals surface area contributed by atoms with Gasteiger partial charge < -0.3 is 35.0 Å². The van der Waals surface area contributed by atoms with Gasteiger partial charge in [0, 0.05) is 31.5 Å². The zero-order valence-corrected chi connectivity index (χ0v) is 24.4. The highest BCUT2D eigenvalue weighted by atomic mass is 127. The summed E-state index contributed by atoms with van der Waals surface area (Å²) >= 11 is 2.07. The van der Waals surface area contributed by atoms with Gasteiger partial charge in [-0.3, -0.25) is 9.59 Å². The lowest BCUT2D eigenvalue weighted by Crippen LogP contribution is -2.55. The van der Waals surface area contributed by atoms with E-state index in [0.717, 1.165) is 19.3 Å². The van der Waals surface area contributed by atoms with Gasteiger partial charge in [0.15, 0.2) is 11.5 Å². The summed E-state index contributed by atoms with van der Waals surface area (Å²) in [5, 5.41) is 32.9. The van der Waals surface area contributed by atoms with Crippen LogP contribution in [0.1, 0.15) is 58.4 Å². The van der Waals surface area contributed by atoms with Gasteiger partial charge in [-0.15, -0.1) is 0 Å². The van der Waals surface area contributed by atoms with Crippen molar-refractivity contribution in [2.24, 2.45) is 5.92 Å². The molecule has 0 spiro atoms. The number of halogens is 1. The second kappa shape index (κ2) is 15.5. The number of nitrogens with zero attached hydrogens (tertiary/aromatic N) is 1. The number of benzene rings is 1. The predicted octanol–water partition coefficient (Wildman–Crippen LogP) is 2.77. The minimum atomic E-state index is -1.09. The van der Waals surface area contributed by atoms with E-state index in [1.54, 1.807) is 23.1 Å². The van der Waals surface area contributed by atoms with E-state index >= 15 is 0 Å². The average Bonchev–Trinajstić information content (AvgIpc) is 2.88. The van der Waals surface area contributed by atoms with Crippen molar-refractivity contribution in [3.8, 4) is 11.5 Å². The Morgan fingerprint density at radius 1 is 1.27 bits per heavy atom. The zero-order chi connectivity index (χ0) is 27.5. The highest BCUT2D eigenvalue weighted by molar-refractivity contribution is 14.1. The van der Waals surface area contributed by atoms with E-state index in [2.05, 4.69) is 41.8 Å². The maximum atomic E-state index is 13.3. The third-order valence-electron chi connectivity index (χ3n) is 6.35. The van der Waals surface area contributed by atoms with E-state index in [9.17, 15) is 19.8 Å². The summed E-state index contributed by atoms with van der Waals surface area (Å²) in [5.74, 6) is 0.694. The van der Waals surface area contributed by atoms with Crippen LogP contribution in [0.5, 0.6) is 11.5 Å². The van der Waals surface area contributed by atoms with Crippen LogP contribution in [0, 0.1) is 9.49 Å². The van der Waals surface area contributed by atoms with Gasteiger partial charge in [0.1, 0.15) is 12.2 Å². The lowest BCUT2D eigenvalue weighted by Gasteiger charge is -2.41. The quantitative estimate of drug-likeness (QED) is 0.232. The normalized spacial score (nSPS) is 19.4. The van der Waals surface area contributed by atoms with Crippen LogP contribution >= 0.6 is 22.6 Å². The number of unbranched alkanes of at least 4 members (excludes halogenated alkanes) is 1. The first-order valence-electron chi connectivity index (χ1n) is 12.9. The van der Waals surface area contributed by atoms with Crippen molar-refractivity contribution in [1.29, 1.82) is 0 Å². The number of hydrogen-bond acceptors (Lipinski definition) is 7. The highest BCUT2D eigenvalue weighted by Gasteiger charge is 2.40. The van der Waals surface area contributed by atoms with E-state index < -0.39 is 18.2 Å². The lowest BCUT2D eigenvalue weighted by atomic mass is 9.87. The molecule has 0 radical (unpaired) electrons. The molecule has 0 bridgehead atoms. The first-order valence-corrected chi connectivity index (χ1v) is 14.0. The second-order valence-corrected chi connectivity index (χ2v) is 10.8. The number of hydrogen-bond donors (Lipinski definition) is 4. The molecule has 2 amide bonds. The van der Waals surface area contributed by atoms with Crippen LogP contribution in [0.3, 0.4) is 0 Å². The van der Waals surface area contributed by atoms with Crippen molar-refractivity contribution in [2.45, 2.75) is 77.7 Å². The summed E-state index contributed by atoms with van der Waals surface area (Å²) in [7, 11) is 1.49. The number of ether oxygens (including phenoxy) is 2. The number of aliphatic hydroxyl groups excluding tert-OH is 3. The molecule has 208 valence electrons. The summed E-state index contributed by atoms with van der Waals surface area (Å²) in [4.78, 5) is 27.9. The maximum Gasteiger partial charge on any atom is 0.247 e. The van der Waals surface area contributed by atoms with Crippen molar-refractivity contribution in [1.82, 2.24) is 10.2 Å². The van der Waals surface area contributed by atoms with Gasteiger partial charge in [0.25, 0.3) is 0 Å². The summed E-state index contributed by atoms with van der Waals surface area (Å²) < 4.78 is 12.4. The average molecular weight is 633 g/mol. The summed E-state index contributed by atoms with van der Waals surface area (Å²) in [6.07, 6.45) is 2.48. The lowest BCUT2D eigenvalue weighted by molar-refractivity contribution is -0.139. The Bertz CT molecular complexity index is 938. The molecule has 0 saturated heterocycles. The van der Waals surface area contributed by atoms with Crippen LogP contribution in [0.4, 0.5) is 0 Å². The molecule has 1 aliphatic carbocycles. The van der Waals surface area contributed by atoms with E-state index in [4.69, 9.17) is 14.6 Å². The van der Waals surface area contributed by atoms with Gasteiger partial charge in [-0.1, -0.05) is 27.2 Å². The first kappa shape index (κ1) is 31.3. The van der Waals surface area contributed by atoms with Gasteiger partial charge in [0.2, 0.25) is 11.8 Å². The number of nitrogens with one attached hydrogen (secondary N) is 1. The molecule has 0 aliphatic heterocycles. The molecule has 3 unspecified atom stereocenters. The van der Waals surface area contributed by atoms with Crippen LogP contribution in [0.25, 0.3) is 0 Å². The van der Waals surface area contributed by atoms with Crippen molar-refractivity contribution in [3.63, 3.8) is 0 Å². The van der Waals surface area contributed by atoms with E-state index in [1.165, 1.54) is 7.11 Å². The molecule has 9 nitrogen and oxygen atoms in total. The molecule has 10 heteroatoms. The number of amides is 2. The molecule has 2 rings (SSSR count). The molecule has 0 heterocycles. The van der Waals surface area contributed by atoms with E-state index in [1.807, 2.05) is 6.92 Å². The van der Waals surface area contributed by atoms with Gasteiger partial charge in [-0.25, -0.2) is 0 Å². The van der Waals surface area contributed by atoms with Crippen molar-refractivity contribution in [2.75, 3.05) is 26.8 Å². The molecule has 0 saturated carbocycles. The number of carbonyl (C=O) groups excluding carboxylic acids is 2. The monoisotopic (exact) mass is 632 g/mol. The summed E-state index contributed by atoms with van der Waals surface area (Å²) in [6.45, 7) is 6.37. The van der Waals surface area contributed by atoms with Crippen LogP contribution in [-0.4, -0.2) is 77.1 Å². The Morgan fingerprint density at radius 3 is 2.59 bits per heavy atom. The Morgan fingerprint density at radius 2 is 2.00 bits per heavy atom. The van der Waals surface area contributed by atoms with E-state index in [0.29, 0.717) is 45.1 Å².